The van der Waals surface area contributed by atoms with Gasteiger partial charge < -0.3 is 4.98 Å². The maximum atomic E-state index is 4.96. The predicted molar refractivity (Wildman–Crippen MR) is 127 cm³/mol. The van der Waals surface area contributed by atoms with Crippen LogP contribution in [0.5, 0.6) is 0 Å². The number of rotatable bonds is 11. The van der Waals surface area contributed by atoms with Crippen molar-refractivity contribution in [2.24, 2.45) is 0 Å². The predicted octanol–water partition coefficient (Wildman–Crippen LogP) is 7.27. The van der Waals surface area contributed by atoms with E-state index in [0.717, 1.165) is 16.9 Å². The van der Waals surface area contributed by atoms with Crippen LogP contribution in [0.3, 0.4) is 0 Å². The van der Waals surface area contributed by atoms with Crippen LogP contribution >= 0.6 is 7.26 Å². The molecule has 3 rings (SSSR count). The van der Waals surface area contributed by atoms with Gasteiger partial charge in [0.05, 0.1) is 35.1 Å². The maximum Gasteiger partial charge on any atom is 0.142 e. The van der Waals surface area contributed by atoms with Crippen molar-refractivity contribution < 1.29 is 0 Å². The molecule has 0 spiro atoms. The summed E-state index contributed by atoms with van der Waals surface area (Å²) in [5, 5.41) is 1.62. The topological polar surface area (TPSA) is 28.7 Å². The number of unbranched alkanes of at least 4 members (excludes halogenated alkanes) is 3. The van der Waals surface area contributed by atoms with Gasteiger partial charge in [0.25, 0.3) is 0 Å². The van der Waals surface area contributed by atoms with Crippen LogP contribution in [0.1, 0.15) is 59.3 Å². The van der Waals surface area contributed by atoms with E-state index in [1.165, 1.54) is 62.6 Å². The molecule has 0 saturated heterocycles. The van der Waals surface area contributed by atoms with Gasteiger partial charge in [-0.1, -0.05) is 64.3 Å². The number of nitrogens with one attached hydrogen (secondary N) is 1. The molecule has 1 N–H and O–H groups in total. The van der Waals surface area contributed by atoms with Gasteiger partial charge in [-0.15, -0.1) is 0 Å². The van der Waals surface area contributed by atoms with E-state index in [-0.39, 0.29) is 0 Å². The van der Waals surface area contributed by atoms with E-state index in [1.807, 2.05) is 0 Å². The molecule has 1 heterocycles. The normalized spacial score (nSPS) is 12.0. The number of imidazole rings is 1. The molecule has 0 saturated carbocycles. The molecule has 1 aromatic heterocycles. The largest absolute Gasteiger partial charge is 0.338 e. The summed E-state index contributed by atoms with van der Waals surface area (Å²) in [7, 11) is -1.20. The number of aromatic nitrogens is 2. The standard InChI is InChI=1S/C25H36N2P/c1-4-7-18-28(19-8-5-2,20-9-6-3)24-17-13-10-14-21(24)25-26-22-15-11-12-16-23(22)27-25/h10-17H,4-9,18-20H2,1-3H3,(H,26,27)/q+1. The van der Waals surface area contributed by atoms with Gasteiger partial charge in [-0.05, 0) is 43.5 Å². The van der Waals surface area contributed by atoms with Crippen LogP contribution in [0, 0.1) is 0 Å². The molecule has 0 amide bonds. The van der Waals surface area contributed by atoms with E-state index in [1.54, 1.807) is 5.30 Å². The average Bonchev–Trinajstić information content (AvgIpc) is 3.18. The fourth-order valence-corrected chi connectivity index (χ4v) is 9.50. The third kappa shape index (κ3) is 4.66. The Morgan fingerprint density at radius 2 is 1.32 bits per heavy atom. The summed E-state index contributed by atoms with van der Waals surface area (Å²) in [6, 6.07) is 17.5. The molecule has 2 aromatic carbocycles. The fourth-order valence-electron chi connectivity index (χ4n) is 4.25. The Kier molecular flexibility index (Phi) is 7.68. The van der Waals surface area contributed by atoms with Crippen molar-refractivity contribution in [3.05, 3.63) is 48.5 Å². The number of hydrogen-bond donors (Lipinski definition) is 1. The molecule has 3 aromatic rings. The van der Waals surface area contributed by atoms with Crippen LogP contribution in [0.4, 0.5) is 0 Å². The SMILES string of the molecule is CCCC[P+](CCCC)(CCCC)c1ccccc1-c1nc2ccccc2[nH]1. The van der Waals surface area contributed by atoms with Gasteiger partial charge >= 0.3 is 0 Å². The first kappa shape index (κ1) is 21.1. The lowest BCUT2D eigenvalue weighted by atomic mass is 10.2. The van der Waals surface area contributed by atoms with E-state index < -0.39 is 7.26 Å². The molecule has 0 fully saturated rings. The lowest BCUT2D eigenvalue weighted by Crippen LogP contribution is -2.23. The molecule has 0 aliphatic rings. The van der Waals surface area contributed by atoms with Crippen molar-refractivity contribution in [3.8, 4) is 11.4 Å². The Labute approximate surface area is 171 Å². The highest BCUT2D eigenvalue weighted by Gasteiger charge is 2.40. The fraction of sp³-hybridized carbons (Fsp3) is 0.480. The minimum absolute atomic E-state index is 1.05. The average molecular weight is 396 g/mol. The highest BCUT2D eigenvalue weighted by molar-refractivity contribution is 7.83. The number of H-pyrrole nitrogens is 1. The monoisotopic (exact) mass is 395 g/mol. The smallest absolute Gasteiger partial charge is 0.142 e. The van der Waals surface area contributed by atoms with Crippen molar-refractivity contribution in [2.75, 3.05) is 18.5 Å². The second-order valence-electron chi connectivity index (χ2n) is 8.00. The number of fused-ring (bicyclic) bond motifs is 1. The van der Waals surface area contributed by atoms with Gasteiger partial charge in [-0.25, -0.2) is 4.98 Å². The lowest BCUT2D eigenvalue weighted by Gasteiger charge is -2.29. The molecule has 0 aliphatic heterocycles. The summed E-state index contributed by atoms with van der Waals surface area (Å²) in [6.45, 7) is 7.00. The van der Waals surface area contributed by atoms with Gasteiger partial charge in [-0.2, -0.15) is 0 Å². The van der Waals surface area contributed by atoms with Crippen molar-refractivity contribution in [3.63, 3.8) is 0 Å². The Morgan fingerprint density at radius 1 is 0.750 bits per heavy atom. The number of hydrogen-bond acceptors (Lipinski definition) is 1. The molecule has 28 heavy (non-hydrogen) atoms. The summed E-state index contributed by atoms with van der Waals surface area (Å²) in [5.74, 6) is 1.05. The molecule has 2 nitrogen and oxygen atoms in total. The molecule has 0 aliphatic carbocycles. The first-order chi connectivity index (χ1) is 13.7. The van der Waals surface area contributed by atoms with Crippen molar-refractivity contribution in [1.82, 2.24) is 9.97 Å². The van der Waals surface area contributed by atoms with Gasteiger partial charge in [0.15, 0.2) is 0 Å². The van der Waals surface area contributed by atoms with Crippen LogP contribution < -0.4 is 5.30 Å². The number of aromatic amines is 1. The van der Waals surface area contributed by atoms with E-state index in [4.69, 9.17) is 4.98 Å². The minimum atomic E-state index is -1.20. The molecular formula is C25H36N2P+. The van der Waals surface area contributed by atoms with Gasteiger partial charge in [0.1, 0.15) is 11.1 Å². The molecule has 150 valence electrons. The van der Waals surface area contributed by atoms with Gasteiger partial charge in [-0.3, -0.25) is 0 Å². The first-order valence-corrected chi connectivity index (χ1v) is 13.5. The first-order valence-electron chi connectivity index (χ1n) is 11.1. The van der Waals surface area contributed by atoms with Crippen LogP contribution in [0.2, 0.25) is 0 Å². The van der Waals surface area contributed by atoms with E-state index >= 15 is 0 Å². The molecule has 0 radical (unpaired) electrons. The highest BCUT2D eigenvalue weighted by atomic mass is 31.2. The number of benzene rings is 2. The lowest BCUT2D eigenvalue weighted by molar-refractivity contribution is 0.841. The summed E-state index contributed by atoms with van der Waals surface area (Å²) in [6.07, 6.45) is 12.1. The van der Waals surface area contributed by atoms with Gasteiger partial charge in [0, 0.05) is 7.26 Å². The zero-order valence-corrected chi connectivity index (χ0v) is 18.8. The minimum Gasteiger partial charge on any atom is -0.338 e. The molecule has 0 unspecified atom stereocenters. The van der Waals surface area contributed by atoms with Crippen molar-refractivity contribution in [2.45, 2.75) is 59.3 Å². The molecule has 3 heteroatoms. The zero-order chi connectivity index (χ0) is 19.8. The van der Waals surface area contributed by atoms with Crippen LogP contribution in [0.15, 0.2) is 48.5 Å². The third-order valence-electron chi connectivity index (χ3n) is 5.88. The molecule has 0 atom stereocenters. The summed E-state index contributed by atoms with van der Waals surface area (Å²) in [5.41, 5.74) is 3.54. The van der Waals surface area contributed by atoms with Crippen LogP contribution in [0.25, 0.3) is 22.4 Å². The highest BCUT2D eigenvalue weighted by Crippen LogP contribution is 2.61. The van der Waals surface area contributed by atoms with Crippen LogP contribution in [-0.4, -0.2) is 28.5 Å². The Hall–Kier alpha value is -1.66. The zero-order valence-electron chi connectivity index (χ0n) is 17.9. The van der Waals surface area contributed by atoms with Crippen molar-refractivity contribution in [1.29, 1.82) is 0 Å². The summed E-state index contributed by atoms with van der Waals surface area (Å²) in [4.78, 5) is 8.56. The summed E-state index contributed by atoms with van der Waals surface area (Å²) >= 11 is 0. The maximum absolute atomic E-state index is 4.96. The quantitative estimate of drug-likeness (QED) is 0.340. The van der Waals surface area contributed by atoms with E-state index in [9.17, 15) is 0 Å². The second-order valence-corrected chi connectivity index (χ2v) is 12.1. The Balaban J connectivity index is 2.10. The van der Waals surface area contributed by atoms with E-state index in [0.29, 0.717) is 0 Å². The molecule has 0 bridgehead atoms. The van der Waals surface area contributed by atoms with E-state index in [2.05, 4.69) is 74.3 Å². The van der Waals surface area contributed by atoms with Gasteiger partial charge in [0.2, 0.25) is 0 Å². The Morgan fingerprint density at radius 3 is 1.93 bits per heavy atom. The number of para-hydroxylation sites is 2. The van der Waals surface area contributed by atoms with Crippen molar-refractivity contribution >= 4 is 23.6 Å². The Bertz CT molecular complexity index is 813. The number of nitrogens with zero attached hydrogens (tertiary/aromatic N) is 1. The third-order valence-corrected chi connectivity index (χ3v) is 10.8. The molecular weight excluding hydrogens is 359 g/mol. The summed E-state index contributed by atoms with van der Waals surface area (Å²) < 4.78 is 0. The van der Waals surface area contributed by atoms with Crippen LogP contribution in [-0.2, 0) is 0 Å². The second kappa shape index (κ2) is 10.2.